The van der Waals surface area contributed by atoms with E-state index in [0.717, 1.165) is 5.56 Å². The van der Waals surface area contributed by atoms with E-state index in [4.69, 9.17) is 14.6 Å². The average molecular weight is 293 g/mol. The minimum atomic E-state index is -0.920. The molecule has 1 aromatic rings. The molecular formula is C15H19NO5. The topological polar surface area (TPSA) is 76.1 Å². The van der Waals surface area contributed by atoms with Crippen molar-refractivity contribution in [2.75, 3.05) is 26.8 Å². The van der Waals surface area contributed by atoms with Crippen LogP contribution in [0.3, 0.4) is 0 Å². The van der Waals surface area contributed by atoms with Gasteiger partial charge in [0.25, 0.3) is 5.91 Å². The van der Waals surface area contributed by atoms with Gasteiger partial charge in [0.1, 0.15) is 0 Å². The summed E-state index contributed by atoms with van der Waals surface area (Å²) in [6, 6.07) is 7.26. The quantitative estimate of drug-likeness (QED) is 0.881. The van der Waals surface area contributed by atoms with Crippen LogP contribution in [0.5, 0.6) is 0 Å². The Kier molecular flexibility index (Phi) is 5.30. The lowest BCUT2D eigenvalue weighted by Gasteiger charge is -2.32. The maximum atomic E-state index is 12.5. The van der Waals surface area contributed by atoms with Crippen molar-refractivity contribution in [3.8, 4) is 0 Å². The fraction of sp³-hybridized carbons (Fsp3) is 0.467. The zero-order valence-electron chi connectivity index (χ0n) is 11.9. The summed E-state index contributed by atoms with van der Waals surface area (Å²) < 4.78 is 10.4. The van der Waals surface area contributed by atoms with Crippen molar-refractivity contribution in [1.29, 1.82) is 0 Å². The molecule has 0 radical (unpaired) electrons. The third-order valence-corrected chi connectivity index (χ3v) is 3.31. The van der Waals surface area contributed by atoms with E-state index in [0.29, 0.717) is 31.9 Å². The van der Waals surface area contributed by atoms with E-state index in [1.165, 1.54) is 0 Å². The largest absolute Gasteiger partial charge is 0.481 e. The SMILES string of the molecule is COCc1cccc(C(=O)N2CCO[C@@H](CC(=O)O)C2)c1. The molecule has 21 heavy (non-hydrogen) atoms. The molecule has 6 heteroatoms. The Hall–Kier alpha value is -1.92. The number of nitrogens with zero attached hydrogens (tertiary/aromatic N) is 1. The number of ether oxygens (including phenoxy) is 2. The van der Waals surface area contributed by atoms with Gasteiger partial charge >= 0.3 is 5.97 Å². The zero-order valence-corrected chi connectivity index (χ0v) is 11.9. The van der Waals surface area contributed by atoms with Crippen molar-refractivity contribution in [2.45, 2.75) is 19.1 Å². The van der Waals surface area contributed by atoms with Gasteiger partial charge in [0.05, 0.1) is 25.7 Å². The molecule has 6 nitrogen and oxygen atoms in total. The van der Waals surface area contributed by atoms with E-state index in [1.807, 2.05) is 12.1 Å². The molecule has 1 N–H and O–H groups in total. The molecule has 0 aromatic heterocycles. The van der Waals surface area contributed by atoms with Crippen molar-refractivity contribution in [3.05, 3.63) is 35.4 Å². The second-order valence-corrected chi connectivity index (χ2v) is 4.98. The van der Waals surface area contributed by atoms with E-state index in [2.05, 4.69) is 0 Å². The Morgan fingerprint density at radius 1 is 1.48 bits per heavy atom. The number of methoxy groups -OCH3 is 1. The van der Waals surface area contributed by atoms with Crippen LogP contribution in [0.25, 0.3) is 0 Å². The van der Waals surface area contributed by atoms with E-state index in [-0.39, 0.29) is 12.3 Å². The lowest BCUT2D eigenvalue weighted by atomic mass is 10.1. The van der Waals surface area contributed by atoms with Gasteiger partial charge in [0.2, 0.25) is 0 Å². The van der Waals surface area contributed by atoms with Crippen LogP contribution in [0.4, 0.5) is 0 Å². The number of hydrogen-bond acceptors (Lipinski definition) is 4. The van der Waals surface area contributed by atoms with E-state index in [9.17, 15) is 9.59 Å². The van der Waals surface area contributed by atoms with Gasteiger partial charge in [-0.3, -0.25) is 9.59 Å². The summed E-state index contributed by atoms with van der Waals surface area (Å²) in [5, 5.41) is 8.81. The Morgan fingerprint density at radius 2 is 2.29 bits per heavy atom. The number of morpholine rings is 1. The van der Waals surface area contributed by atoms with Crippen LogP contribution in [0, 0.1) is 0 Å². The van der Waals surface area contributed by atoms with Crippen molar-refractivity contribution in [1.82, 2.24) is 4.90 Å². The molecule has 0 unspecified atom stereocenters. The van der Waals surface area contributed by atoms with Crippen LogP contribution >= 0.6 is 0 Å². The first-order valence-electron chi connectivity index (χ1n) is 6.80. The molecule has 0 spiro atoms. The Morgan fingerprint density at radius 3 is 3.00 bits per heavy atom. The van der Waals surface area contributed by atoms with Gasteiger partial charge < -0.3 is 19.5 Å². The van der Waals surface area contributed by atoms with Crippen molar-refractivity contribution in [2.24, 2.45) is 0 Å². The number of benzene rings is 1. The number of carbonyl (C=O) groups is 2. The molecule has 1 saturated heterocycles. The Balaban J connectivity index is 2.04. The summed E-state index contributed by atoms with van der Waals surface area (Å²) in [5.74, 6) is -1.02. The number of carboxylic acid groups (broad SMARTS) is 1. The Bertz CT molecular complexity index is 517. The van der Waals surface area contributed by atoms with E-state index >= 15 is 0 Å². The molecule has 0 aliphatic carbocycles. The van der Waals surface area contributed by atoms with E-state index < -0.39 is 12.1 Å². The summed E-state index contributed by atoms with van der Waals surface area (Å²) in [6.07, 6.45) is -0.532. The highest BCUT2D eigenvalue weighted by Crippen LogP contribution is 2.14. The molecular weight excluding hydrogens is 274 g/mol. The van der Waals surface area contributed by atoms with Gasteiger partial charge in [0.15, 0.2) is 0 Å². The predicted molar refractivity (Wildman–Crippen MR) is 75.1 cm³/mol. The molecule has 0 bridgehead atoms. The fourth-order valence-electron chi connectivity index (χ4n) is 2.37. The third-order valence-electron chi connectivity index (χ3n) is 3.31. The lowest BCUT2D eigenvalue weighted by Crippen LogP contribution is -2.46. The second kappa shape index (κ2) is 7.19. The molecule has 1 atom stereocenters. The minimum Gasteiger partial charge on any atom is -0.481 e. The number of carboxylic acids is 1. The zero-order chi connectivity index (χ0) is 15.2. The van der Waals surface area contributed by atoms with Crippen LogP contribution in [-0.2, 0) is 20.9 Å². The summed E-state index contributed by atoms with van der Waals surface area (Å²) in [7, 11) is 1.60. The number of amides is 1. The summed E-state index contributed by atoms with van der Waals surface area (Å²) in [5.41, 5.74) is 1.51. The molecule has 2 rings (SSSR count). The maximum Gasteiger partial charge on any atom is 0.306 e. The fourth-order valence-corrected chi connectivity index (χ4v) is 2.37. The highest BCUT2D eigenvalue weighted by molar-refractivity contribution is 5.94. The number of aliphatic carboxylic acids is 1. The first kappa shape index (κ1) is 15.5. The smallest absolute Gasteiger partial charge is 0.306 e. The summed E-state index contributed by atoms with van der Waals surface area (Å²) in [6.45, 7) is 1.59. The van der Waals surface area contributed by atoms with Crippen LogP contribution < -0.4 is 0 Å². The maximum absolute atomic E-state index is 12.5. The van der Waals surface area contributed by atoms with Crippen molar-refractivity contribution >= 4 is 11.9 Å². The molecule has 0 saturated carbocycles. The average Bonchev–Trinajstić information content (AvgIpc) is 2.47. The highest BCUT2D eigenvalue weighted by Gasteiger charge is 2.26. The normalized spacial score (nSPS) is 18.5. The highest BCUT2D eigenvalue weighted by atomic mass is 16.5. The molecule has 1 amide bonds. The first-order chi connectivity index (χ1) is 10.1. The molecule has 1 heterocycles. The number of rotatable bonds is 5. The minimum absolute atomic E-state index is 0.0898. The summed E-state index contributed by atoms with van der Waals surface area (Å²) >= 11 is 0. The van der Waals surface area contributed by atoms with Gasteiger partial charge in [-0.2, -0.15) is 0 Å². The van der Waals surface area contributed by atoms with Gasteiger partial charge in [0, 0.05) is 25.8 Å². The van der Waals surface area contributed by atoms with Crippen molar-refractivity contribution < 1.29 is 24.2 Å². The van der Waals surface area contributed by atoms with Gasteiger partial charge in [-0.25, -0.2) is 0 Å². The van der Waals surface area contributed by atoms with Crippen LogP contribution in [0.1, 0.15) is 22.3 Å². The van der Waals surface area contributed by atoms with Crippen LogP contribution in [0.15, 0.2) is 24.3 Å². The standard InChI is InChI=1S/C15H19NO5/c1-20-10-11-3-2-4-12(7-11)15(19)16-5-6-21-13(9-16)8-14(17)18/h2-4,7,13H,5-6,8-10H2,1H3,(H,17,18)/t13-/m0/s1. The number of hydrogen-bond donors (Lipinski definition) is 1. The second-order valence-electron chi connectivity index (χ2n) is 4.98. The van der Waals surface area contributed by atoms with Gasteiger partial charge in [-0.15, -0.1) is 0 Å². The molecule has 1 aliphatic heterocycles. The molecule has 114 valence electrons. The summed E-state index contributed by atoms with van der Waals surface area (Å²) in [4.78, 5) is 24.8. The lowest BCUT2D eigenvalue weighted by molar-refractivity contribution is -0.141. The van der Waals surface area contributed by atoms with Crippen molar-refractivity contribution in [3.63, 3.8) is 0 Å². The van der Waals surface area contributed by atoms with Crippen LogP contribution in [-0.4, -0.2) is 54.8 Å². The molecule has 1 fully saturated rings. The Labute approximate surface area is 123 Å². The van der Waals surface area contributed by atoms with Gasteiger partial charge in [-0.1, -0.05) is 12.1 Å². The van der Waals surface area contributed by atoms with Crippen LogP contribution in [0.2, 0.25) is 0 Å². The first-order valence-corrected chi connectivity index (χ1v) is 6.80. The predicted octanol–water partition coefficient (Wildman–Crippen LogP) is 1.15. The molecule has 1 aliphatic rings. The van der Waals surface area contributed by atoms with Gasteiger partial charge in [-0.05, 0) is 17.7 Å². The monoisotopic (exact) mass is 293 g/mol. The number of carbonyl (C=O) groups excluding carboxylic acids is 1. The third kappa shape index (κ3) is 4.27. The van der Waals surface area contributed by atoms with E-state index in [1.54, 1.807) is 24.1 Å². The molecule has 1 aromatic carbocycles.